The number of nitrogens with zero attached hydrogens (tertiary/aromatic N) is 2. The van der Waals surface area contributed by atoms with Crippen molar-refractivity contribution in [1.29, 1.82) is 0 Å². The summed E-state index contributed by atoms with van der Waals surface area (Å²) in [7, 11) is 4.57. The molecule has 2 aromatic carbocycles. The molecule has 4 aromatic rings. The van der Waals surface area contributed by atoms with Crippen LogP contribution in [0.25, 0.3) is 16.2 Å². The Morgan fingerprint density at radius 2 is 1.73 bits per heavy atom. The molecule has 0 unspecified atom stereocenters. The van der Waals surface area contributed by atoms with Gasteiger partial charge in [-0.1, -0.05) is 12.1 Å². The van der Waals surface area contributed by atoms with Crippen LogP contribution >= 0.6 is 11.3 Å². The van der Waals surface area contributed by atoms with Crippen LogP contribution < -0.4 is 24.8 Å². The van der Waals surface area contributed by atoms with Gasteiger partial charge in [-0.05, 0) is 12.1 Å². The van der Waals surface area contributed by atoms with Gasteiger partial charge in [0.25, 0.3) is 0 Å². The summed E-state index contributed by atoms with van der Waals surface area (Å²) < 4.78 is 17.9. The molecule has 30 heavy (non-hydrogen) atoms. The average Bonchev–Trinajstić information content (AvgIpc) is 3.35. The smallest absolute Gasteiger partial charge is 0.323 e. The van der Waals surface area contributed by atoms with E-state index in [9.17, 15) is 4.79 Å². The van der Waals surface area contributed by atoms with E-state index in [-0.39, 0.29) is 0 Å². The third kappa shape index (κ3) is 3.87. The van der Waals surface area contributed by atoms with Crippen molar-refractivity contribution in [1.82, 2.24) is 9.38 Å². The number of urea groups is 1. The van der Waals surface area contributed by atoms with E-state index in [1.54, 1.807) is 23.5 Å². The van der Waals surface area contributed by atoms with Gasteiger partial charge in [-0.2, -0.15) is 0 Å². The summed E-state index contributed by atoms with van der Waals surface area (Å²) >= 11 is 1.57. The van der Waals surface area contributed by atoms with Gasteiger partial charge in [0.05, 0.1) is 32.7 Å². The number of amides is 2. The lowest BCUT2D eigenvalue weighted by Crippen LogP contribution is -2.19. The maximum absolute atomic E-state index is 12.5. The van der Waals surface area contributed by atoms with Crippen LogP contribution in [0, 0.1) is 0 Å². The molecule has 0 saturated carbocycles. The van der Waals surface area contributed by atoms with Gasteiger partial charge in [-0.15, -0.1) is 11.3 Å². The second-order valence-electron chi connectivity index (χ2n) is 6.29. The number of hydrogen-bond acceptors (Lipinski definition) is 6. The molecule has 0 atom stereocenters. The van der Waals surface area contributed by atoms with Gasteiger partial charge < -0.3 is 24.8 Å². The number of ether oxygens (including phenoxy) is 3. The number of aromatic nitrogens is 2. The topological polar surface area (TPSA) is 86.1 Å². The lowest BCUT2D eigenvalue weighted by atomic mass is 10.1. The molecule has 2 heterocycles. The Labute approximate surface area is 177 Å². The standard InChI is InChI=1S/C21H20N4O4S/c1-27-17-10-15(11-18(28-2)19(17)29-3)23-20(26)22-14-6-4-5-13(9-14)16-12-25-7-8-30-21(25)24-16/h4-12H,1-3H3,(H2,22,23,26). The highest BCUT2D eigenvalue weighted by Crippen LogP contribution is 2.40. The van der Waals surface area contributed by atoms with Crippen molar-refractivity contribution >= 4 is 33.7 Å². The zero-order chi connectivity index (χ0) is 21.1. The first-order chi connectivity index (χ1) is 14.6. The molecule has 154 valence electrons. The maximum Gasteiger partial charge on any atom is 0.323 e. The van der Waals surface area contributed by atoms with Crippen molar-refractivity contribution in [3.8, 4) is 28.5 Å². The quantitative estimate of drug-likeness (QED) is 0.467. The number of imidazole rings is 1. The van der Waals surface area contributed by atoms with E-state index in [2.05, 4.69) is 15.6 Å². The molecule has 0 spiro atoms. The number of nitrogens with one attached hydrogen (secondary N) is 2. The van der Waals surface area contributed by atoms with Crippen LogP contribution in [0.15, 0.2) is 54.2 Å². The predicted octanol–water partition coefficient (Wildman–Crippen LogP) is 4.73. The number of hydrogen-bond donors (Lipinski definition) is 2. The Morgan fingerprint density at radius 1 is 1.00 bits per heavy atom. The van der Waals surface area contributed by atoms with Gasteiger partial charge in [-0.25, -0.2) is 9.78 Å². The van der Waals surface area contributed by atoms with Gasteiger partial charge in [0.15, 0.2) is 16.5 Å². The predicted molar refractivity (Wildman–Crippen MR) is 117 cm³/mol. The van der Waals surface area contributed by atoms with Crippen molar-refractivity contribution in [3.63, 3.8) is 0 Å². The fourth-order valence-electron chi connectivity index (χ4n) is 3.07. The molecule has 8 nitrogen and oxygen atoms in total. The summed E-state index contributed by atoms with van der Waals surface area (Å²) in [5.74, 6) is 1.36. The van der Waals surface area contributed by atoms with Gasteiger partial charge in [0, 0.05) is 41.2 Å². The monoisotopic (exact) mass is 424 g/mol. The molecule has 0 aliphatic carbocycles. The second-order valence-corrected chi connectivity index (χ2v) is 7.17. The zero-order valence-corrected chi connectivity index (χ0v) is 17.4. The fraction of sp³-hybridized carbons (Fsp3) is 0.143. The number of thiazole rings is 1. The Morgan fingerprint density at radius 3 is 2.40 bits per heavy atom. The van der Waals surface area contributed by atoms with Crippen LogP contribution in [0.1, 0.15) is 0 Å². The normalized spacial score (nSPS) is 10.6. The van der Waals surface area contributed by atoms with Crippen LogP contribution in [0.2, 0.25) is 0 Å². The Bertz CT molecular complexity index is 1150. The summed E-state index contributed by atoms with van der Waals surface area (Å²) in [6.07, 6.45) is 3.92. The number of carbonyl (C=O) groups is 1. The van der Waals surface area contributed by atoms with Crippen LogP contribution in [0.3, 0.4) is 0 Å². The highest BCUT2D eigenvalue weighted by atomic mass is 32.1. The molecule has 0 radical (unpaired) electrons. The van der Waals surface area contributed by atoms with Crippen molar-refractivity contribution in [3.05, 3.63) is 54.2 Å². The lowest BCUT2D eigenvalue weighted by molar-refractivity contribution is 0.262. The van der Waals surface area contributed by atoms with Gasteiger partial charge in [0.2, 0.25) is 5.75 Å². The highest BCUT2D eigenvalue weighted by molar-refractivity contribution is 7.15. The summed E-state index contributed by atoms with van der Waals surface area (Å²) in [5, 5.41) is 7.60. The van der Waals surface area contributed by atoms with E-state index in [1.165, 1.54) is 21.3 Å². The SMILES string of the molecule is COc1cc(NC(=O)Nc2cccc(-c3cn4ccsc4n3)c2)cc(OC)c1OC. The number of methoxy groups -OCH3 is 3. The molecule has 0 bridgehead atoms. The minimum absolute atomic E-state index is 0.396. The largest absolute Gasteiger partial charge is 0.493 e. The van der Waals surface area contributed by atoms with E-state index in [1.807, 2.05) is 46.4 Å². The summed E-state index contributed by atoms with van der Waals surface area (Å²) in [6, 6.07) is 10.4. The molecular weight excluding hydrogens is 404 g/mol. The molecular formula is C21H20N4O4S. The minimum Gasteiger partial charge on any atom is -0.493 e. The van der Waals surface area contributed by atoms with Crippen LogP contribution in [0.4, 0.5) is 16.2 Å². The Balaban J connectivity index is 1.51. The number of fused-ring (bicyclic) bond motifs is 1. The number of anilines is 2. The second kappa shape index (κ2) is 8.34. The minimum atomic E-state index is -0.396. The highest BCUT2D eigenvalue weighted by Gasteiger charge is 2.15. The van der Waals surface area contributed by atoms with Crippen LogP contribution in [-0.4, -0.2) is 36.7 Å². The van der Waals surface area contributed by atoms with Crippen LogP contribution in [-0.2, 0) is 0 Å². The molecule has 0 fully saturated rings. The molecule has 0 aliphatic heterocycles. The molecule has 9 heteroatoms. The third-order valence-electron chi connectivity index (χ3n) is 4.43. The lowest BCUT2D eigenvalue weighted by Gasteiger charge is -2.15. The Hall–Kier alpha value is -3.72. The van der Waals surface area contributed by atoms with Gasteiger partial charge >= 0.3 is 6.03 Å². The summed E-state index contributed by atoms with van der Waals surface area (Å²) in [5.41, 5.74) is 2.91. The van der Waals surface area contributed by atoms with Crippen LogP contribution in [0.5, 0.6) is 17.2 Å². The van der Waals surface area contributed by atoms with E-state index >= 15 is 0 Å². The molecule has 4 rings (SSSR count). The Kier molecular flexibility index (Phi) is 5.44. The van der Waals surface area contributed by atoms with Crippen molar-refractivity contribution in [2.24, 2.45) is 0 Å². The first kappa shape index (κ1) is 19.6. The first-order valence-corrected chi connectivity index (χ1v) is 9.90. The van der Waals surface area contributed by atoms with E-state index in [0.717, 1.165) is 16.2 Å². The zero-order valence-electron chi connectivity index (χ0n) is 16.6. The maximum atomic E-state index is 12.5. The average molecular weight is 424 g/mol. The third-order valence-corrected chi connectivity index (χ3v) is 5.20. The van der Waals surface area contributed by atoms with E-state index in [0.29, 0.717) is 28.6 Å². The van der Waals surface area contributed by atoms with Gasteiger partial charge in [0.1, 0.15) is 0 Å². The number of benzene rings is 2. The molecule has 0 aliphatic rings. The van der Waals surface area contributed by atoms with E-state index < -0.39 is 6.03 Å². The first-order valence-electron chi connectivity index (χ1n) is 9.02. The summed E-state index contributed by atoms with van der Waals surface area (Å²) in [4.78, 5) is 18.0. The summed E-state index contributed by atoms with van der Waals surface area (Å²) in [6.45, 7) is 0. The molecule has 0 saturated heterocycles. The van der Waals surface area contributed by atoms with Crippen molar-refractivity contribution in [2.75, 3.05) is 32.0 Å². The molecule has 2 amide bonds. The fourth-order valence-corrected chi connectivity index (χ4v) is 3.77. The molecule has 2 N–H and O–H groups in total. The van der Waals surface area contributed by atoms with Crippen molar-refractivity contribution in [2.45, 2.75) is 0 Å². The van der Waals surface area contributed by atoms with E-state index in [4.69, 9.17) is 14.2 Å². The van der Waals surface area contributed by atoms with Gasteiger partial charge in [-0.3, -0.25) is 4.40 Å². The number of carbonyl (C=O) groups excluding carboxylic acids is 1. The molecule has 2 aromatic heterocycles. The van der Waals surface area contributed by atoms with Crippen molar-refractivity contribution < 1.29 is 19.0 Å². The number of rotatable bonds is 6.